The molecular weight excluding hydrogens is 220 g/mol. The molecule has 1 fully saturated rings. The molecule has 3 rings (SSSR count). The van der Waals surface area contributed by atoms with Crippen LogP contribution in [0.15, 0.2) is 18.6 Å². The summed E-state index contributed by atoms with van der Waals surface area (Å²) in [7, 11) is 0. The van der Waals surface area contributed by atoms with Crippen LogP contribution in [0.4, 0.5) is 5.82 Å². The number of nitrogens with one attached hydrogen (secondary N) is 1. The molecule has 2 atom stereocenters. The van der Waals surface area contributed by atoms with Crippen molar-refractivity contribution in [3.63, 3.8) is 0 Å². The fourth-order valence-electron chi connectivity index (χ4n) is 2.41. The number of anilines is 1. The van der Waals surface area contributed by atoms with Gasteiger partial charge in [0.2, 0.25) is 0 Å². The Bertz CT molecular complexity index is 527. The zero-order valence-electron chi connectivity index (χ0n) is 9.24. The lowest BCUT2D eigenvalue weighted by Crippen LogP contribution is -2.33. The number of rotatable bonds is 2. The van der Waals surface area contributed by atoms with Crippen LogP contribution >= 0.6 is 0 Å². The van der Waals surface area contributed by atoms with E-state index in [0.717, 1.165) is 16.9 Å². The summed E-state index contributed by atoms with van der Waals surface area (Å²) in [6.45, 7) is 0.523. The predicted octanol–water partition coefficient (Wildman–Crippen LogP) is -0.110. The summed E-state index contributed by atoms with van der Waals surface area (Å²) < 4.78 is 0. The number of H-pyrrole nitrogens is 1. The average Bonchev–Trinajstić information content (AvgIpc) is 2.93. The largest absolute Gasteiger partial charge is 0.394 e. The van der Waals surface area contributed by atoms with Crippen molar-refractivity contribution in [3.8, 4) is 0 Å². The lowest BCUT2D eigenvalue weighted by Gasteiger charge is -2.24. The first-order valence-corrected chi connectivity index (χ1v) is 5.63. The van der Waals surface area contributed by atoms with E-state index in [9.17, 15) is 10.2 Å². The Morgan fingerprint density at radius 2 is 2.35 bits per heavy atom. The van der Waals surface area contributed by atoms with Gasteiger partial charge < -0.3 is 20.1 Å². The minimum absolute atomic E-state index is 0.0208. The second-order valence-corrected chi connectivity index (χ2v) is 4.32. The molecule has 2 aromatic rings. The molecule has 0 radical (unpaired) electrons. The second kappa shape index (κ2) is 3.97. The van der Waals surface area contributed by atoms with Crippen molar-refractivity contribution in [2.75, 3.05) is 18.1 Å². The highest BCUT2D eigenvalue weighted by molar-refractivity contribution is 5.87. The van der Waals surface area contributed by atoms with Gasteiger partial charge in [0.25, 0.3) is 0 Å². The van der Waals surface area contributed by atoms with E-state index in [1.165, 1.54) is 6.33 Å². The van der Waals surface area contributed by atoms with Gasteiger partial charge in [-0.3, -0.25) is 0 Å². The van der Waals surface area contributed by atoms with Gasteiger partial charge in [-0.15, -0.1) is 0 Å². The van der Waals surface area contributed by atoms with Gasteiger partial charge >= 0.3 is 0 Å². The minimum Gasteiger partial charge on any atom is -0.394 e. The molecule has 0 amide bonds. The van der Waals surface area contributed by atoms with Crippen LogP contribution in [0, 0.1) is 0 Å². The van der Waals surface area contributed by atoms with Crippen LogP contribution in [0.2, 0.25) is 0 Å². The van der Waals surface area contributed by atoms with Crippen molar-refractivity contribution in [2.45, 2.75) is 18.6 Å². The third kappa shape index (κ3) is 1.65. The number of aromatic amines is 1. The van der Waals surface area contributed by atoms with Crippen LogP contribution in [-0.2, 0) is 0 Å². The molecule has 3 heterocycles. The summed E-state index contributed by atoms with van der Waals surface area (Å²) in [5.74, 6) is 0.770. The predicted molar refractivity (Wildman–Crippen MR) is 62.7 cm³/mol. The Morgan fingerprint density at radius 3 is 3.18 bits per heavy atom. The molecule has 90 valence electrons. The summed E-state index contributed by atoms with van der Waals surface area (Å²) in [5.41, 5.74) is 0.771. The Morgan fingerprint density at radius 1 is 1.47 bits per heavy atom. The van der Waals surface area contributed by atoms with Gasteiger partial charge in [-0.05, 0) is 12.5 Å². The molecule has 1 saturated heterocycles. The highest BCUT2D eigenvalue weighted by Crippen LogP contribution is 2.28. The van der Waals surface area contributed by atoms with Crippen LogP contribution in [-0.4, -0.2) is 50.5 Å². The van der Waals surface area contributed by atoms with E-state index in [0.29, 0.717) is 13.0 Å². The lowest BCUT2D eigenvalue weighted by molar-refractivity contribution is 0.184. The van der Waals surface area contributed by atoms with Crippen molar-refractivity contribution < 1.29 is 10.2 Å². The summed E-state index contributed by atoms with van der Waals surface area (Å²) in [6.07, 6.45) is 3.47. The van der Waals surface area contributed by atoms with Crippen molar-refractivity contribution in [3.05, 3.63) is 18.6 Å². The fraction of sp³-hybridized carbons (Fsp3) is 0.455. The van der Waals surface area contributed by atoms with Crippen molar-refractivity contribution >= 4 is 16.9 Å². The molecule has 6 heteroatoms. The van der Waals surface area contributed by atoms with Gasteiger partial charge in [0, 0.05) is 12.7 Å². The molecule has 3 N–H and O–H groups in total. The van der Waals surface area contributed by atoms with Crippen LogP contribution < -0.4 is 4.90 Å². The van der Waals surface area contributed by atoms with Crippen molar-refractivity contribution in [1.29, 1.82) is 0 Å². The maximum atomic E-state index is 9.68. The topological polar surface area (TPSA) is 85.3 Å². The van der Waals surface area contributed by atoms with Crippen LogP contribution in [0.5, 0.6) is 0 Å². The van der Waals surface area contributed by atoms with Gasteiger partial charge in [0.15, 0.2) is 0 Å². The fourth-order valence-corrected chi connectivity index (χ4v) is 2.41. The Kier molecular flexibility index (Phi) is 2.45. The molecule has 0 spiro atoms. The molecule has 0 saturated carbocycles. The number of aliphatic hydroxyl groups is 2. The third-order valence-electron chi connectivity index (χ3n) is 3.21. The first-order chi connectivity index (χ1) is 8.29. The van der Waals surface area contributed by atoms with Gasteiger partial charge in [-0.2, -0.15) is 0 Å². The molecule has 1 aliphatic rings. The van der Waals surface area contributed by atoms with E-state index in [4.69, 9.17) is 0 Å². The van der Waals surface area contributed by atoms with E-state index < -0.39 is 6.10 Å². The number of hydrogen-bond acceptors (Lipinski definition) is 5. The zero-order valence-corrected chi connectivity index (χ0v) is 9.24. The van der Waals surface area contributed by atoms with Crippen LogP contribution in [0.25, 0.3) is 11.0 Å². The molecule has 17 heavy (non-hydrogen) atoms. The molecule has 6 nitrogen and oxygen atoms in total. The molecule has 0 unspecified atom stereocenters. The number of β-amino-alcohol motifs (C(OH)–C–C–N with tert-alkyl or cyclic N) is 1. The quantitative estimate of drug-likeness (QED) is 0.675. The maximum Gasteiger partial charge on any atom is 0.142 e. The molecule has 2 aromatic heterocycles. The minimum atomic E-state index is -0.406. The molecule has 0 bridgehead atoms. The highest BCUT2D eigenvalue weighted by atomic mass is 16.3. The van der Waals surface area contributed by atoms with Gasteiger partial charge in [0.1, 0.15) is 17.8 Å². The number of nitrogens with zero attached hydrogens (tertiary/aromatic N) is 3. The van der Waals surface area contributed by atoms with Gasteiger partial charge in [0.05, 0.1) is 24.1 Å². The smallest absolute Gasteiger partial charge is 0.142 e. The Hall–Kier alpha value is -1.66. The number of hydrogen-bond donors (Lipinski definition) is 3. The summed E-state index contributed by atoms with van der Waals surface area (Å²) in [4.78, 5) is 13.4. The zero-order chi connectivity index (χ0) is 11.8. The average molecular weight is 234 g/mol. The third-order valence-corrected chi connectivity index (χ3v) is 3.21. The van der Waals surface area contributed by atoms with Crippen LogP contribution in [0.3, 0.4) is 0 Å². The summed E-state index contributed by atoms with van der Waals surface area (Å²) in [6, 6.07) is 1.84. The van der Waals surface area contributed by atoms with E-state index in [-0.39, 0.29) is 12.6 Å². The van der Waals surface area contributed by atoms with Gasteiger partial charge in [-0.25, -0.2) is 9.97 Å². The monoisotopic (exact) mass is 234 g/mol. The highest BCUT2D eigenvalue weighted by Gasteiger charge is 2.32. The standard InChI is InChI=1S/C11H14N4O2/c16-5-7-3-8(17)4-15(7)11-9-1-2-12-10(9)13-6-14-11/h1-2,6-8,16-17H,3-5H2,(H,12,13,14)/t7-,8-/m1/s1. The Labute approximate surface area is 97.9 Å². The van der Waals surface area contributed by atoms with Crippen molar-refractivity contribution in [2.24, 2.45) is 0 Å². The molecule has 0 aromatic carbocycles. The van der Waals surface area contributed by atoms with Gasteiger partial charge in [-0.1, -0.05) is 0 Å². The number of fused-ring (bicyclic) bond motifs is 1. The van der Waals surface area contributed by atoms with Crippen LogP contribution in [0.1, 0.15) is 6.42 Å². The molecule has 1 aliphatic heterocycles. The summed E-state index contributed by atoms with van der Waals surface area (Å²) in [5, 5.41) is 19.9. The first kappa shape index (κ1) is 10.5. The molecular formula is C11H14N4O2. The van der Waals surface area contributed by atoms with E-state index in [1.807, 2.05) is 17.2 Å². The SMILES string of the molecule is OC[C@H]1C[C@@H](O)CN1c1ncnc2[nH]ccc12. The molecule has 0 aliphatic carbocycles. The van der Waals surface area contributed by atoms with E-state index in [1.54, 1.807) is 0 Å². The van der Waals surface area contributed by atoms with E-state index >= 15 is 0 Å². The first-order valence-electron chi connectivity index (χ1n) is 5.63. The summed E-state index contributed by atoms with van der Waals surface area (Å²) >= 11 is 0. The second-order valence-electron chi connectivity index (χ2n) is 4.32. The number of aliphatic hydroxyl groups excluding tert-OH is 2. The van der Waals surface area contributed by atoms with Crippen molar-refractivity contribution in [1.82, 2.24) is 15.0 Å². The van der Waals surface area contributed by atoms with E-state index in [2.05, 4.69) is 15.0 Å². The number of aromatic nitrogens is 3. The normalized spacial score (nSPS) is 24.7. The lowest BCUT2D eigenvalue weighted by atomic mass is 10.2. The maximum absolute atomic E-state index is 9.68. The Balaban J connectivity index is 2.05.